The molecule has 0 N–H and O–H groups in total. The fourth-order valence-corrected chi connectivity index (χ4v) is 5.47. The largest absolute Gasteiger partial charge is 0.493 e. The Kier molecular flexibility index (Phi) is 6.64. The van der Waals surface area contributed by atoms with E-state index in [2.05, 4.69) is 4.99 Å². The van der Waals surface area contributed by atoms with E-state index in [1.54, 1.807) is 31.4 Å². The molecular formula is C24H24N2O5S2. The second kappa shape index (κ2) is 9.46. The van der Waals surface area contributed by atoms with Gasteiger partial charge >= 0.3 is 0 Å². The molecule has 0 aliphatic heterocycles. The molecule has 0 spiro atoms. The lowest BCUT2D eigenvalue weighted by molar-refractivity contribution is 0.0995. The van der Waals surface area contributed by atoms with Crippen LogP contribution in [0.15, 0.2) is 64.5 Å². The van der Waals surface area contributed by atoms with Crippen molar-refractivity contribution in [2.45, 2.75) is 18.4 Å². The molecule has 1 aromatic heterocycles. The number of carbonyl (C=O) groups is 1. The molecule has 7 nitrogen and oxygen atoms in total. The lowest BCUT2D eigenvalue weighted by atomic mass is 10.0. The Morgan fingerprint density at radius 1 is 1.12 bits per heavy atom. The molecule has 9 heteroatoms. The third-order valence-electron chi connectivity index (χ3n) is 5.20. The second-order valence-electron chi connectivity index (χ2n) is 7.44. The molecule has 0 bridgehead atoms. The average molecular weight is 485 g/mol. The summed E-state index contributed by atoms with van der Waals surface area (Å²) in [4.78, 5) is 18.6. The van der Waals surface area contributed by atoms with Crippen LogP contribution in [0.1, 0.15) is 17.3 Å². The predicted octanol–water partition coefficient (Wildman–Crippen LogP) is 4.05. The summed E-state index contributed by atoms with van der Waals surface area (Å²) in [5.41, 5.74) is 1.20. The molecule has 0 radical (unpaired) electrons. The highest BCUT2D eigenvalue weighted by molar-refractivity contribution is 7.90. The van der Waals surface area contributed by atoms with Gasteiger partial charge < -0.3 is 14.0 Å². The van der Waals surface area contributed by atoms with E-state index in [1.807, 2.05) is 41.8 Å². The van der Waals surface area contributed by atoms with E-state index in [-0.39, 0.29) is 4.90 Å². The zero-order valence-corrected chi connectivity index (χ0v) is 20.2. The van der Waals surface area contributed by atoms with Gasteiger partial charge in [0.2, 0.25) is 0 Å². The summed E-state index contributed by atoms with van der Waals surface area (Å²) in [6.45, 7) is 3.17. The van der Waals surface area contributed by atoms with Crippen LogP contribution in [0, 0.1) is 0 Å². The first-order chi connectivity index (χ1) is 15.8. The van der Waals surface area contributed by atoms with Gasteiger partial charge in [0.25, 0.3) is 5.91 Å². The molecule has 0 aliphatic rings. The number of rotatable bonds is 7. The number of nitrogens with zero attached hydrogens (tertiary/aromatic N) is 2. The van der Waals surface area contributed by atoms with E-state index in [0.717, 1.165) is 21.0 Å². The smallest absolute Gasteiger partial charge is 0.284 e. The number of fused-ring (bicyclic) bond motifs is 2. The van der Waals surface area contributed by atoms with Crippen LogP contribution in [-0.2, 0) is 21.1 Å². The van der Waals surface area contributed by atoms with Gasteiger partial charge in [-0.15, -0.1) is 0 Å². The lowest BCUT2D eigenvalue weighted by Crippen LogP contribution is -2.19. The Labute approximate surface area is 195 Å². The van der Waals surface area contributed by atoms with Crippen LogP contribution in [-0.4, -0.2) is 45.5 Å². The minimum atomic E-state index is -3.36. The summed E-state index contributed by atoms with van der Waals surface area (Å²) in [6, 6.07) is 16.2. The molecule has 0 saturated heterocycles. The molecule has 4 rings (SSSR count). The maximum Gasteiger partial charge on any atom is 0.284 e. The maximum atomic E-state index is 13.5. The van der Waals surface area contributed by atoms with Crippen molar-refractivity contribution < 1.29 is 22.7 Å². The molecule has 0 fully saturated rings. The number of benzene rings is 3. The minimum absolute atomic E-state index is 0.223. The van der Waals surface area contributed by atoms with Crippen molar-refractivity contribution in [3.05, 3.63) is 65.0 Å². The molecule has 0 unspecified atom stereocenters. The highest BCUT2D eigenvalue weighted by Crippen LogP contribution is 2.29. The Hall–Kier alpha value is -3.01. The van der Waals surface area contributed by atoms with Crippen molar-refractivity contribution >= 4 is 48.1 Å². The van der Waals surface area contributed by atoms with Crippen molar-refractivity contribution in [2.24, 2.45) is 4.99 Å². The number of thiazole rings is 1. The molecule has 1 heterocycles. The van der Waals surface area contributed by atoms with E-state index >= 15 is 0 Å². The summed E-state index contributed by atoms with van der Waals surface area (Å²) < 4.78 is 37.6. The number of sulfone groups is 1. The van der Waals surface area contributed by atoms with Crippen molar-refractivity contribution in [3.8, 4) is 5.75 Å². The van der Waals surface area contributed by atoms with Crippen molar-refractivity contribution in [2.75, 3.05) is 26.6 Å². The van der Waals surface area contributed by atoms with Crippen LogP contribution in [0.5, 0.6) is 5.75 Å². The fraction of sp³-hybridized carbons (Fsp3) is 0.250. The third-order valence-corrected chi connectivity index (χ3v) is 7.35. The highest BCUT2D eigenvalue weighted by Gasteiger charge is 2.18. The quantitative estimate of drug-likeness (QED) is 0.395. The second-order valence-corrected chi connectivity index (χ2v) is 10.5. The number of methoxy groups -OCH3 is 1. The lowest BCUT2D eigenvalue weighted by Gasteiger charge is -2.11. The Balaban J connectivity index is 1.93. The average Bonchev–Trinajstić information content (AvgIpc) is 3.13. The van der Waals surface area contributed by atoms with E-state index in [0.29, 0.717) is 35.9 Å². The van der Waals surface area contributed by atoms with Gasteiger partial charge in [0.05, 0.1) is 33.9 Å². The van der Waals surface area contributed by atoms with Gasteiger partial charge in [-0.2, -0.15) is 4.99 Å². The maximum absolute atomic E-state index is 13.5. The van der Waals surface area contributed by atoms with Crippen molar-refractivity contribution in [3.63, 3.8) is 0 Å². The van der Waals surface area contributed by atoms with Crippen LogP contribution in [0.2, 0.25) is 0 Å². The van der Waals surface area contributed by atoms with Gasteiger partial charge in [0, 0.05) is 19.9 Å². The SMILES string of the molecule is CCOc1ccc2ccccc2c1C(=O)N=c1sc2cc(S(C)(=O)=O)ccc2n1CCOC. The number of amides is 1. The van der Waals surface area contributed by atoms with Crippen LogP contribution in [0.3, 0.4) is 0 Å². The Bertz CT molecular complexity index is 1520. The fourth-order valence-electron chi connectivity index (χ4n) is 3.66. The zero-order chi connectivity index (χ0) is 23.6. The predicted molar refractivity (Wildman–Crippen MR) is 130 cm³/mol. The summed E-state index contributed by atoms with van der Waals surface area (Å²) >= 11 is 1.27. The first-order valence-electron chi connectivity index (χ1n) is 10.4. The van der Waals surface area contributed by atoms with E-state index in [9.17, 15) is 13.2 Å². The molecule has 4 aromatic rings. The first-order valence-corrected chi connectivity index (χ1v) is 13.1. The van der Waals surface area contributed by atoms with E-state index < -0.39 is 15.7 Å². The number of carbonyl (C=O) groups excluding carboxylic acids is 1. The zero-order valence-electron chi connectivity index (χ0n) is 18.6. The molecule has 33 heavy (non-hydrogen) atoms. The summed E-state index contributed by atoms with van der Waals surface area (Å²) in [6.07, 6.45) is 1.17. The van der Waals surface area contributed by atoms with Crippen LogP contribution in [0.25, 0.3) is 21.0 Å². The third kappa shape index (κ3) is 4.71. The molecule has 172 valence electrons. The molecule has 0 saturated carbocycles. The number of hydrogen-bond donors (Lipinski definition) is 0. The summed E-state index contributed by atoms with van der Waals surface area (Å²) in [5.74, 6) is 0.0603. The molecule has 1 amide bonds. The van der Waals surface area contributed by atoms with Crippen LogP contribution >= 0.6 is 11.3 Å². The van der Waals surface area contributed by atoms with Gasteiger partial charge in [-0.25, -0.2) is 8.42 Å². The normalized spacial score (nSPS) is 12.5. The van der Waals surface area contributed by atoms with E-state index in [4.69, 9.17) is 9.47 Å². The topological polar surface area (TPSA) is 87.0 Å². The van der Waals surface area contributed by atoms with Crippen LogP contribution in [0.4, 0.5) is 0 Å². The summed E-state index contributed by atoms with van der Waals surface area (Å²) in [5, 5.41) is 1.68. The first kappa shape index (κ1) is 23.2. The molecular weight excluding hydrogens is 460 g/mol. The number of hydrogen-bond acceptors (Lipinski definition) is 6. The van der Waals surface area contributed by atoms with Gasteiger partial charge in [0.15, 0.2) is 14.6 Å². The number of aromatic nitrogens is 1. The van der Waals surface area contributed by atoms with Gasteiger partial charge in [-0.1, -0.05) is 41.7 Å². The highest BCUT2D eigenvalue weighted by atomic mass is 32.2. The van der Waals surface area contributed by atoms with Gasteiger partial charge in [-0.05, 0) is 42.0 Å². The molecule has 0 atom stereocenters. The minimum Gasteiger partial charge on any atom is -0.493 e. The molecule has 3 aromatic carbocycles. The van der Waals surface area contributed by atoms with Gasteiger partial charge in [0.1, 0.15) is 5.75 Å². The monoisotopic (exact) mass is 484 g/mol. The standard InChI is InChI=1S/C24H24N2O5S2/c1-4-31-20-12-9-16-7-5-6-8-18(16)22(20)23(27)25-24-26(13-14-30-2)19-11-10-17(33(3,28)29)15-21(19)32-24/h5-12,15H,4,13-14H2,1-3H3. The van der Waals surface area contributed by atoms with Crippen molar-refractivity contribution in [1.82, 2.24) is 4.57 Å². The van der Waals surface area contributed by atoms with Gasteiger partial charge in [-0.3, -0.25) is 4.79 Å². The van der Waals surface area contributed by atoms with E-state index in [1.165, 1.54) is 17.6 Å². The summed E-state index contributed by atoms with van der Waals surface area (Å²) in [7, 11) is -1.76. The Morgan fingerprint density at radius 2 is 1.91 bits per heavy atom. The molecule has 0 aliphatic carbocycles. The van der Waals surface area contributed by atoms with Crippen LogP contribution < -0.4 is 9.54 Å². The number of ether oxygens (including phenoxy) is 2. The Morgan fingerprint density at radius 3 is 2.64 bits per heavy atom. The van der Waals surface area contributed by atoms with Crippen molar-refractivity contribution in [1.29, 1.82) is 0 Å².